The van der Waals surface area contributed by atoms with Crippen LogP contribution >= 0.6 is 11.6 Å². The van der Waals surface area contributed by atoms with Crippen molar-refractivity contribution in [3.63, 3.8) is 0 Å². The second kappa shape index (κ2) is 9.11. The first kappa shape index (κ1) is 23.5. The van der Waals surface area contributed by atoms with Crippen molar-refractivity contribution in [3.8, 4) is 0 Å². The second-order valence-corrected chi connectivity index (χ2v) is 11.7. The number of halogens is 1. The van der Waals surface area contributed by atoms with E-state index in [4.69, 9.17) is 11.6 Å². The molecule has 2 N–H and O–H groups in total. The molecule has 2 aromatic rings. The minimum atomic E-state index is -3.93. The second-order valence-electron chi connectivity index (χ2n) is 9.51. The quantitative estimate of drug-likeness (QED) is 0.625. The number of piperidine rings is 1. The molecule has 4 unspecified atom stereocenters. The number of benzene rings is 2. The number of carbonyl (C=O) groups excluding carboxylic acids is 2. The smallest absolute Gasteiger partial charge is 0.242 e. The molecule has 0 aliphatic carbocycles. The normalized spacial score (nSPS) is 27.1. The third-order valence-electron chi connectivity index (χ3n) is 7.43. The van der Waals surface area contributed by atoms with E-state index >= 15 is 0 Å². The van der Waals surface area contributed by atoms with Gasteiger partial charge in [-0.2, -0.15) is 4.72 Å². The molecule has 10 heteroatoms. The van der Waals surface area contributed by atoms with Gasteiger partial charge in [0.25, 0.3) is 0 Å². The molecule has 0 spiro atoms. The van der Waals surface area contributed by atoms with Crippen molar-refractivity contribution in [3.05, 3.63) is 41.4 Å². The van der Waals surface area contributed by atoms with Gasteiger partial charge in [0.15, 0.2) is 0 Å². The Labute approximate surface area is 203 Å². The third kappa shape index (κ3) is 4.30. The molecule has 3 saturated heterocycles. The molecule has 0 aromatic heterocycles. The lowest BCUT2D eigenvalue weighted by atomic mass is 9.90. The van der Waals surface area contributed by atoms with Gasteiger partial charge in [-0.05, 0) is 67.1 Å². The summed E-state index contributed by atoms with van der Waals surface area (Å²) < 4.78 is 28.7. The maximum Gasteiger partial charge on any atom is 0.242 e. The van der Waals surface area contributed by atoms with Gasteiger partial charge < -0.3 is 14.9 Å². The third-order valence-corrected chi connectivity index (χ3v) is 9.13. The molecule has 2 aromatic carbocycles. The number of aliphatic hydroxyl groups excluding tert-OH is 1. The Hall–Kier alpha value is -2.20. The van der Waals surface area contributed by atoms with Gasteiger partial charge >= 0.3 is 0 Å². The molecule has 2 bridgehead atoms. The highest BCUT2D eigenvalue weighted by molar-refractivity contribution is 7.89. The van der Waals surface area contributed by atoms with Gasteiger partial charge in [-0.1, -0.05) is 23.7 Å². The summed E-state index contributed by atoms with van der Waals surface area (Å²) >= 11 is 6.01. The van der Waals surface area contributed by atoms with E-state index in [1.807, 2.05) is 4.90 Å². The minimum Gasteiger partial charge on any atom is -0.396 e. The van der Waals surface area contributed by atoms with E-state index in [-0.39, 0.29) is 47.9 Å². The number of hydrogen-bond donors (Lipinski definition) is 2. The van der Waals surface area contributed by atoms with E-state index in [1.54, 1.807) is 30.3 Å². The van der Waals surface area contributed by atoms with Crippen molar-refractivity contribution in [1.82, 2.24) is 14.5 Å². The standard InChI is InChI=1S/C24H28ClN3O5S/c25-18-5-3-16-12-20(7-4-15(16)10-18)34(32,33)26-21-2-1-9-27(24(21)31)13-23(30)28-19-6-8-22(28)17(11-19)14-29/h3-5,7,10,12,17,19,21-22,26,29H,1-2,6,8-9,11,13-14H2. The van der Waals surface area contributed by atoms with Crippen molar-refractivity contribution in [2.45, 2.75) is 55.1 Å². The fraction of sp³-hybridized carbons (Fsp3) is 0.500. The highest BCUT2D eigenvalue weighted by atomic mass is 35.5. The number of fused-ring (bicyclic) bond motifs is 3. The summed E-state index contributed by atoms with van der Waals surface area (Å²) in [5, 5.41) is 11.7. The van der Waals surface area contributed by atoms with Crippen LogP contribution in [0.1, 0.15) is 32.1 Å². The zero-order valence-electron chi connectivity index (χ0n) is 18.7. The maximum absolute atomic E-state index is 13.1. The van der Waals surface area contributed by atoms with Crippen LogP contribution in [0.4, 0.5) is 0 Å². The average molecular weight is 506 g/mol. The van der Waals surface area contributed by atoms with Gasteiger partial charge in [0.1, 0.15) is 6.04 Å². The van der Waals surface area contributed by atoms with Gasteiger partial charge in [0.2, 0.25) is 21.8 Å². The molecule has 2 amide bonds. The molecule has 8 nitrogen and oxygen atoms in total. The van der Waals surface area contributed by atoms with Crippen molar-refractivity contribution in [2.75, 3.05) is 19.7 Å². The maximum atomic E-state index is 13.1. The molecule has 182 valence electrons. The molecular weight excluding hydrogens is 478 g/mol. The molecule has 3 aliphatic heterocycles. The number of carbonyl (C=O) groups is 2. The van der Waals surface area contributed by atoms with Crippen LogP contribution in [0.15, 0.2) is 41.3 Å². The van der Waals surface area contributed by atoms with Crippen LogP contribution in [0.5, 0.6) is 0 Å². The van der Waals surface area contributed by atoms with E-state index < -0.39 is 16.1 Å². The molecule has 3 heterocycles. The lowest BCUT2D eigenvalue weighted by molar-refractivity contribution is -0.143. The summed E-state index contributed by atoms with van der Waals surface area (Å²) in [5.41, 5.74) is 0. The van der Waals surface area contributed by atoms with Crippen LogP contribution in [0.3, 0.4) is 0 Å². The SMILES string of the molecule is O=C1C(NS(=O)(=O)c2ccc3cc(Cl)ccc3c2)CCCN1CC(=O)N1C2CCC1C(CO)C2. The minimum absolute atomic E-state index is 0.0412. The lowest BCUT2D eigenvalue weighted by Gasteiger charge is -2.34. The van der Waals surface area contributed by atoms with E-state index in [1.165, 1.54) is 11.0 Å². The highest BCUT2D eigenvalue weighted by Crippen LogP contribution is 2.41. The lowest BCUT2D eigenvalue weighted by Crippen LogP contribution is -2.55. The molecule has 5 rings (SSSR count). The Morgan fingerprint density at radius 2 is 1.88 bits per heavy atom. The molecule has 34 heavy (non-hydrogen) atoms. The number of sulfonamides is 1. The number of nitrogens with zero attached hydrogens (tertiary/aromatic N) is 2. The summed E-state index contributed by atoms with van der Waals surface area (Å²) in [6, 6.07) is 9.22. The number of amides is 2. The summed E-state index contributed by atoms with van der Waals surface area (Å²) in [6.45, 7) is 0.435. The number of aliphatic hydroxyl groups is 1. The summed E-state index contributed by atoms with van der Waals surface area (Å²) in [5.74, 6) is -0.383. The average Bonchev–Trinajstić information content (AvgIpc) is 3.39. The zero-order chi connectivity index (χ0) is 24.0. The van der Waals surface area contributed by atoms with E-state index in [2.05, 4.69) is 4.72 Å². The van der Waals surface area contributed by atoms with Gasteiger partial charge in [-0.25, -0.2) is 8.42 Å². The first-order chi connectivity index (χ1) is 16.3. The van der Waals surface area contributed by atoms with Crippen molar-refractivity contribution < 1.29 is 23.1 Å². The van der Waals surface area contributed by atoms with Crippen molar-refractivity contribution in [2.24, 2.45) is 5.92 Å². The monoisotopic (exact) mass is 505 g/mol. The van der Waals surface area contributed by atoms with E-state index in [0.29, 0.717) is 24.4 Å². The Morgan fingerprint density at radius 3 is 2.65 bits per heavy atom. The first-order valence-corrected chi connectivity index (χ1v) is 13.6. The number of rotatable bonds is 6. The topological polar surface area (TPSA) is 107 Å². The predicted molar refractivity (Wildman–Crippen MR) is 128 cm³/mol. The molecular formula is C24H28ClN3O5S. The number of hydrogen-bond acceptors (Lipinski definition) is 5. The Balaban J connectivity index is 1.27. The van der Waals surface area contributed by atoms with Crippen LogP contribution in [0.25, 0.3) is 10.8 Å². The van der Waals surface area contributed by atoms with E-state index in [0.717, 1.165) is 30.0 Å². The van der Waals surface area contributed by atoms with E-state index in [9.17, 15) is 23.1 Å². The van der Waals surface area contributed by atoms with Gasteiger partial charge in [-0.3, -0.25) is 9.59 Å². The highest BCUT2D eigenvalue weighted by Gasteiger charge is 2.48. The molecule has 4 atom stereocenters. The molecule has 3 fully saturated rings. The molecule has 3 aliphatic rings. The molecule has 0 radical (unpaired) electrons. The molecule has 0 saturated carbocycles. The summed E-state index contributed by atoms with van der Waals surface area (Å²) in [4.78, 5) is 29.5. The predicted octanol–water partition coefficient (Wildman–Crippen LogP) is 2.13. The van der Waals surface area contributed by atoms with Gasteiger partial charge in [-0.15, -0.1) is 0 Å². The van der Waals surface area contributed by atoms with Crippen LogP contribution in [0.2, 0.25) is 5.02 Å². The zero-order valence-corrected chi connectivity index (χ0v) is 20.3. The number of likely N-dealkylation sites (tertiary alicyclic amines) is 1. The Morgan fingerprint density at radius 1 is 1.12 bits per heavy atom. The number of nitrogens with one attached hydrogen (secondary N) is 1. The summed E-state index contributed by atoms with van der Waals surface area (Å²) in [6.07, 6.45) is 3.61. The fourth-order valence-electron chi connectivity index (χ4n) is 5.77. The fourth-order valence-corrected chi connectivity index (χ4v) is 7.21. The van der Waals surface area contributed by atoms with Crippen molar-refractivity contribution >= 4 is 44.2 Å². The van der Waals surface area contributed by atoms with Gasteiger partial charge in [0, 0.05) is 36.2 Å². The van der Waals surface area contributed by atoms with Crippen LogP contribution in [0, 0.1) is 5.92 Å². The first-order valence-electron chi connectivity index (χ1n) is 11.7. The van der Waals surface area contributed by atoms with Gasteiger partial charge in [0.05, 0.1) is 11.4 Å². The Bertz CT molecular complexity index is 1240. The van der Waals surface area contributed by atoms with Crippen LogP contribution in [-0.4, -0.2) is 73.0 Å². The van der Waals surface area contributed by atoms with Crippen LogP contribution < -0.4 is 4.72 Å². The Kier molecular flexibility index (Phi) is 6.31. The summed E-state index contributed by atoms with van der Waals surface area (Å²) in [7, 11) is -3.93. The van der Waals surface area contributed by atoms with Crippen molar-refractivity contribution in [1.29, 1.82) is 0 Å². The largest absolute Gasteiger partial charge is 0.396 e. The van der Waals surface area contributed by atoms with Crippen LogP contribution in [-0.2, 0) is 19.6 Å².